The maximum Gasteiger partial charge on any atom is 0.397 e. The summed E-state index contributed by atoms with van der Waals surface area (Å²) in [4.78, 5) is 11.1. The molecule has 0 aromatic carbocycles. The Kier molecular flexibility index (Phi) is 14.4. The van der Waals surface area contributed by atoms with Crippen LogP contribution in [0.5, 0.6) is 0 Å². The van der Waals surface area contributed by atoms with Crippen molar-refractivity contribution in [2.24, 2.45) is 0 Å². The molecule has 0 unspecified atom stereocenters. The number of carbonyl (C=O) groups is 1. The number of methoxy groups -OCH3 is 1. The number of aliphatic hydroxyl groups is 6. The summed E-state index contributed by atoms with van der Waals surface area (Å²) in [5, 5.41) is 61.1. The van der Waals surface area contributed by atoms with Gasteiger partial charge in [-0.2, -0.15) is 8.42 Å². The highest BCUT2D eigenvalue weighted by Crippen LogP contribution is 2.31. The van der Waals surface area contributed by atoms with Gasteiger partial charge in [0.25, 0.3) is 0 Å². The van der Waals surface area contributed by atoms with Crippen molar-refractivity contribution in [1.82, 2.24) is 0 Å². The second-order valence-corrected chi connectivity index (χ2v) is 10.4. The van der Waals surface area contributed by atoms with E-state index in [1.54, 1.807) is 0 Å². The van der Waals surface area contributed by atoms with Gasteiger partial charge in [-0.15, -0.1) is 0 Å². The third kappa shape index (κ3) is 10.4. The lowest BCUT2D eigenvalue weighted by Gasteiger charge is -2.46. The zero-order chi connectivity index (χ0) is 29.2. The van der Waals surface area contributed by atoms with Crippen molar-refractivity contribution >= 4 is 16.4 Å². The highest BCUT2D eigenvalue weighted by Gasteiger charge is 2.52. The number of hydrogen-bond donors (Lipinski definition) is 7. The van der Waals surface area contributed by atoms with E-state index in [9.17, 15) is 43.9 Å². The van der Waals surface area contributed by atoms with Crippen LogP contribution in [0, 0.1) is 0 Å². The molecule has 7 N–H and O–H groups in total. The molecule has 2 aliphatic heterocycles. The van der Waals surface area contributed by atoms with E-state index in [2.05, 4.69) is 8.92 Å². The average Bonchev–Trinajstić information content (AvgIpc) is 2.89. The van der Waals surface area contributed by atoms with Crippen LogP contribution in [0.15, 0.2) is 0 Å². The number of aliphatic hydroxyl groups excluding tert-OH is 6. The second-order valence-electron chi connectivity index (χ2n) is 9.32. The second kappa shape index (κ2) is 16.4. The Morgan fingerprint density at radius 1 is 0.795 bits per heavy atom. The minimum atomic E-state index is -5.08. The fourth-order valence-electron chi connectivity index (χ4n) is 4.38. The minimum Gasteiger partial charge on any atom is -0.469 e. The summed E-state index contributed by atoms with van der Waals surface area (Å²) >= 11 is 0. The van der Waals surface area contributed by atoms with E-state index < -0.39 is 85.0 Å². The average molecular weight is 593 g/mol. The number of rotatable bonds is 16. The van der Waals surface area contributed by atoms with E-state index in [0.717, 1.165) is 32.1 Å². The predicted octanol–water partition coefficient (Wildman–Crippen LogP) is -2.64. The van der Waals surface area contributed by atoms with Gasteiger partial charge in [0.15, 0.2) is 12.6 Å². The van der Waals surface area contributed by atoms with E-state index in [1.807, 2.05) is 0 Å². The molecule has 0 radical (unpaired) electrons. The molecule has 17 heteroatoms. The highest BCUT2D eigenvalue weighted by molar-refractivity contribution is 7.80. The standard InChI is InChI=1S/C22H40O16S/c1-33-14(25)8-6-4-2-3-5-7-9-34-20-17(28)18(12(10-23)35-21(20)29)37-22-16(27)15(26)19(13(11-24)36-22)38-39(30,31)32/h12-13,15-24,26-29H,2-11H2,1H3,(H,30,31,32)/t12-,13-,15-,16-,17+,18-,19+,20-,21-,22+/m1/s1. The van der Waals surface area contributed by atoms with E-state index in [-0.39, 0.29) is 12.6 Å². The highest BCUT2D eigenvalue weighted by atomic mass is 32.3. The van der Waals surface area contributed by atoms with E-state index >= 15 is 0 Å². The van der Waals surface area contributed by atoms with E-state index in [1.165, 1.54) is 7.11 Å². The van der Waals surface area contributed by atoms with Crippen LogP contribution in [-0.4, -0.2) is 138 Å². The molecule has 2 fully saturated rings. The molecule has 16 nitrogen and oxygen atoms in total. The van der Waals surface area contributed by atoms with Crippen molar-refractivity contribution in [2.45, 2.75) is 106 Å². The zero-order valence-electron chi connectivity index (χ0n) is 21.6. The summed E-state index contributed by atoms with van der Waals surface area (Å²) in [6, 6.07) is 0. The molecule has 2 rings (SSSR count). The van der Waals surface area contributed by atoms with Gasteiger partial charge in [-0.1, -0.05) is 25.7 Å². The first-order chi connectivity index (χ1) is 18.4. The Morgan fingerprint density at radius 2 is 1.38 bits per heavy atom. The number of ether oxygens (including phenoxy) is 5. The molecule has 0 aromatic rings. The third-order valence-corrected chi connectivity index (χ3v) is 6.94. The number of esters is 1. The first-order valence-corrected chi connectivity index (χ1v) is 14.0. The monoisotopic (exact) mass is 592 g/mol. The molecule has 230 valence electrons. The van der Waals surface area contributed by atoms with Gasteiger partial charge in [-0.05, 0) is 12.8 Å². The van der Waals surface area contributed by atoms with Crippen molar-refractivity contribution in [2.75, 3.05) is 26.9 Å². The third-order valence-electron chi connectivity index (χ3n) is 6.47. The van der Waals surface area contributed by atoms with E-state index in [0.29, 0.717) is 12.8 Å². The molecule has 0 saturated carbocycles. The van der Waals surface area contributed by atoms with Gasteiger partial charge in [-0.3, -0.25) is 9.35 Å². The molecular weight excluding hydrogens is 552 g/mol. The lowest BCUT2D eigenvalue weighted by atomic mass is 9.97. The number of unbranched alkanes of at least 4 members (excludes halogenated alkanes) is 5. The Labute approximate surface area is 226 Å². The fourth-order valence-corrected chi connectivity index (χ4v) is 4.90. The summed E-state index contributed by atoms with van der Waals surface area (Å²) < 4.78 is 61.7. The first-order valence-electron chi connectivity index (χ1n) is 12.7. The molecule has 0 amide bonds. The Balaban J connectivity index is 1.90. The molecule has 0 spiro atoms. The van der Waals surface area contributed by atoms with Crippen LogP contribution < -0.4 is 0 Å². The zero-order valence-corrected chi connectivity index (χ0v) is 22.4. The maximum absolute atomic E-state index is 11.1. The summed E-state index contributed by atoms with van der Waals surface area (Å²) in [6.45, 7) is -1.50. The normalized spacial score (nSPS) is 35.6. The minimum absolute atomic E-state index is 0.142. The smallest absolute Gasteiger partial charge is 0.397 e. The molecule has 10 atom stereocenters. The van der Waals surface area contributed by atoms with Crippen LogP contribution in [0.2, 0.25) is 0 Å². The summed E-state index contributed by atoms with van der Waals surface area (Å²) in [6.07, 6.45) is -11.4. The topological polar surface area (TPSA) is 248 Å². The largest absolute Gasteiger partial charge is 0.469 e. The number of hydrogen-bond acceptors (Lipinski definition) is 15. The number of carbonyl (C=O) groups excluding carboxylic acids is 1. The van der Waals surface area contributed by atoms with Crippen molar-refractivity contribution in [3.05, 3.63) is 0 Å². The Morgan fingerprint density at radius 3 is 1.97 bits per heavy atom. The van der Waals surface area contributed by atoms with Gasteiger partial charge < -0.3 is 54.3 Å². The van der Waals surface area contributed by atoms with Crippen molar-refractivity contribution < 1.29 is 76.3 Å². The lowest BCUT2D eigenvalue weighted by molar-refractivity contribution is -0.356. The van der Waals surface area contributed by atoms with Gasteiger partial charge in [0.1, 0.15) is 48.8 Å². The van der Waals surface area contributed by atoms with Crippen LogP contribution >= 0.6 is 0 Å². The summed E-state index contributed by atoms with van der Waals surface area (Å²) in [5.74, 6) is -0.245. The Hall–Kier alpha value is -1.06. The SMILES string of the molecule is COC(=O)CCCCCCCCO[C@@H]1[C@@H](O)[C@H](O[C@@H]2O[C@H](CO)[C@H](OS(=O)(=O)O)[C@H](O)[C@H]2O)[C@@H](CO)O[C@H]1O. The van der Waals surface area contributed by atoms with Gasteiger partial charge in [0.05, 0.1) is 20.3 Å². The van der Waals surface area contributed by atoms with Crippen LogP contribution in [0.25, 0.3) is 0 Å². The summed E-state index contributed by atoms with van der Waals surface area (Å²) in [5.41, 5.74) is 0. The maximum atomic E-state index is 11.1. The molecule has 0 bridgehead atoms. The van der Waals surface area contributed by atoms with Gasteiger partial charge in [-0.25, -0.2) is 4.18 Å². The van der Waals surface area contributed by atoms with Crippen LogP contribution in [0.1, 0.15) is 44.9 Å². The quantitative estimate of drug-likeness (QED) is 0.0549. The van der Waals surface area contributed by atoms with Gasteiger partial charge in [0.2, 0.25) is 0 Å². The molecule has 0 aliphatic carbocycles. The fraction of sp³-hybridized carbons (Fsp3) is 0.955. The first kappa shape index (κ1) is 34.1. The molecule has 0 aromatic heterocycles. The summed E-state index contributed by atoms with van der Waals surface area (Å²) in [7, 11) is -3.74. The van der Waals surface area contributed by atoms with Crippen LogP contribution in [0.3, 0.4) is 0 Å². The van der Waals surface area contributed by atoms with Crippen LogP contribution in [-0.2, 0) is 43.1 Å². The molecule has 2 saturated heterocycles. The lowest BCUT2D eigenvalue weighted by Crippen LogP contribution is -2.65. The molecule has 39 heavy (non-hydrogen) atoms. The van der Waals surface area contributed by atoms with Crippen molar-refractivity contribution in [3.63, 3.8) is 0 Å². The molecular formula is C22H40O16S. The van der Waals surface area contributed by atoms with Crippen molar-refractivity contribution in [3.8, 4) is 0 Å². The van der Waals surface area contributed by atoms with Crippen LogP contribution in [0.4, 0.5) is 0 Å². The molecule has 2 heterocycles. The predicted molar refractivity (Wildman–Crippen MR) is 127 cm³/mol. The Bertz CT molecular complexity index is 825. The van der Waals surface area contributed by atoms with Gasteiger partial charge >= 0.3 is 16.4 Å². The van der Waals surface area contributed by atoms with Gasteiger partial charge in [0, 0.05) is 13.0 Å². The van der Waals surface area contributed by atoms with Crippen molar-refractivity contribution in [1.29, 1.82) is 0 Å². The van der Waals surface area contributed by atoms with E-state index in [4.69, 9.17) is 23.5 Å². The molecule has 2 aliphatic rings.